The summed E-state index contributed by atoms with van der Waals surface area (Å²) < 4.78 is 11.2. The van der Waals surface area contributed by atoms with E-state index in [2.05, 4.69) is 13.0 Å². The van der Waals surface area contributed by atoms with E-state index in [-0.39, 0.29) is 11.9 Å². The number of rotatable bonds is 5. The van der Waals surface area contributed by atoms with Crippen LogP contribution < -0.4 is 14.4 Å². The van der Waals surface area contributed by atoms with E-state index in [1.807, 2.05) is 49.1 Å². The summed E-state index contributed by atoms with van der Waals surface area (Å²) in [5.74, 6) is 1.28. The molecule has 2 aromatic carbocycles. The second-order valence-corrected chi connectivity index (χ2v) is 5.88. The van der Waals surface area contributed by atoms with Crippen LogP contribution in [0.3, 0.4) is 0 Å². The predicted molar refractivity (Wildman–Crippen MR) is 95.2 cm³/mol. The van der Waals surface area contributed by atoms with Gasteiger partial charge in [-0.25, -0.2) is 0 Å². The third kappa shape index (κ3) is 2.96. The van der Waals surface area contributed by atoms with Crippen molar-refractivity contribution in [1.29, 1.82) is 0 Å². The molecule has 0 spiro atoms. The lowest BCUT2D eigenvalue weighted by molar-refractivity contribution is 0.0981. The molecule has 1 amide bonds. The molecule has 1 aliphatic heterocycles. The molecule has 0 saturated carbocycles. The molecular weight excluding hydrogens is 302 g/mol. The molecule has 0 N–H and O–H groups in total. The highest BCUT2D eigenvalue weighted by Gasteiger charge is 2.31. The van der Waals surface area contributed by atoms with Gasteiger partial charge in [0.15, 0.2) is 11.5 Å². The summed E-state index contributed by atoms with van der Waals surface area (Å²) >= 11 is 0. The molecule has 0 radical (unpaired) electrons. The summed E-state index contributed by atoms with van der Waals surface area (Å²) in [6.45, 7) is 7.02. The topological polar surface area (TPSA) is 38.8 Å². The number of ether oxygens (including phenoxy) is 2. The maximum atomic E-state index is 13.1. The molecule has 3 rings (SSSR count). The van der Waals surface area contributed by atoms with Crippen LogP contribution >= 0.6 is 0 Å². The molecule has 4 heteroatoms. The highest BCUT2D eigenvalue weighted by atomic mass is 16.5. The number of fused-ring (bicyclic) bond motifs is 1. The second kappa shape index (κ2) is 6.95. The molecule has 0 fully saturated rings. The van der Waals surface area contributed by atoms with Crippen molar-refractivity contribution >= 4 is 11.6 Å². The number of amides is 1. The van der Waals surface area contributed by atoms with Crippen LogP contribution in [-0.2, 0) is 6.42 Å². The van der Waals surface area contributed by atoms with Gasteiger partial charge in [-0.15, -0.1) is 0 Å². The molecule has 0 aliphatic carbocycles. The van der Waals surface area contributed by atoms with E-state index in [1.54, 1.807) is 6.07 Å². The Morgan fingerprint density at radius 3 is 2.54 bits per heavy atom. The molecule has 126 valence electrons. The Morgan fingerprint density at radius 1 is 1.08 bits per heavy atom. The first kappa shape index (κ1) is 16.4. The number of carbonyl (C=O) groups is 1. The summed E-state index contributed by atoms with van der Waals surface area (Å²) in [5, 5.41) is 0. The van der Waals surface area contributed by atoms with Gasteiger partial charge in [0, 0.05) is 17.3 Å². The van der Waals surface area contributed by atoms with Gasteiger partial charge < -0.3 is 14.4 Å². The van der Waals surface area contributed by atoms with E-state index in [0.29, 0.717) is 30.3 Å². The van der Waals surface area contributed by atoms with Crippen LogP contribution in [0.2, 0.25) is 0 Å². The van der Waals surface area contributed by atoms with Crippen molar-refractivity contribution in [3.8, 4) is 11.5 Å². The van der Waals surface area contributed by atoms with Gasteiger partial charge in [0.05, 0.1) is 13.2 Å². The molecular formula is C20H23NO3. The van der Waals surface area contributed by atoms with Crippen molar-refractivity contribution in [2.24, 2.45) is 0 Å². The van der Waals surface area contributed by atoms with Crippen LogP contribution in [0.4, 0.5) is 5.69 Å². The molecule has 1 aliphatic rings. The Hall–Kier alpha value is -2.49. The smallest absolute Gasteiger partial charge is 0.258 e. The molecule has 0 aromatic heterocycles. The van der Waals surface area contributed by atoms with Gasteiger partial charge in [0.1, 0.15) is 0 Å². The van der Waals surface area contributed by atoms with Gasteiger partial charge in [-0.05, 0) is 57.0 Å². The van der Waals surface area contributed by atoms with Crippen LogP contribution in [-0.4, -0.2) is 25.2 Å². The molecule has 2 aromatic rings. The van der Waals surface area contributed by atoms with E-state index < -0.39 is 0 Å². The first-order chi connectivity index (χ1) is 11.7. The van der Waals surface area contributed by atoms with Crippen molar-refractivity contribution in [3.05, 3.63) is 53.6 Å². The predicted octanol–water partition coefficient (Wildman–Crippen LogP) is 4.08. The van der Waals surface area contributed by atoms with Crippen LogP contribution in [0, 0.1) is 0 Å². The highest BCUT2D eigenvalue weighted by Crippen LogP contribution is 2.35. The maximum absolute atomic E-state index is 13.1. The van der Waals surface area contributed by atoms with E-state index in [9.17, 15) is 4.79 Å². The van der Waals surface area contributed by atoms with Gasteiger partial charge in [-0.3, -0.25) is 4.79 Å². The Labute approximate surface area is 143 Å². The standard InChI is InChI=1S/C20H23NO3/c1-4-23-18-11-10-16(13-19(18)24-5-2)20(22)21-14(3)12-15-8-6-7-9-17(15)21/h6-11,13-14H,4-5,12H2,1-3H3/t14-/m0/s1. The minimum absolute atomic E-state index is 0.00329. The Kier molecular flexibility index (Phi) is 4.74. The molecule has 0 bridgehead atoms. The molecule has 0 unspecified atom stereocenters. The number of para-hydroxylation sites is 1. The minimum Gasteiger partial charge on any atom is -0.490 e. The van der Waals surface area contributed by atoms with Gasteiger partial charge >= 0.3 is 0 Å². The number of anilines is 1. The molecule has 0 saturated heterocycles. The third-order valence-corrected chi connectivity index (χ3v) is 4.22. The van der Waals surface area contributed by atoms with Crippen LogP contribution in [0.15, 0.2) is 42.5 Å². The van der Waals surface area contributed by atoms with E-state index in [4.69, 9.17) is 9.47 Å². The van der Waals surface area contributed by atoms with E-state index >= 15 is 0 Å². The van der Waals surface area contributed by atoms with Crippen LogP contribution in [0.25, 0.3) is 0 Å². The number of hydrogen-bond donors (Lipinski definition) is 0. The molecule has 1 atom stereocenters. The maximum Gasteiger partial charge on any atom is 0.258 e. The van der Waals surface area contributed by atoms with Crippen molar-refractivity contribution in [3.63, 3.8) is 0 Å². The lowest BCUT2D eigenvalue weighted by Gasteiger charge is -2.23. The summed E-state index contributed by atoms with van der Waals surface area (Å²) in [4.78, 5) is 15.0. The minimum atomic E-state index is -0.00329. The average Bonchev–Trinajstić information content (AvgIpc) is 2.92. The summed E-state index contributed by atoms with van der Waals surface area (Å²) in [7, 11) is 0. The van der Waals surface area contributed by atoms with E-state index in [1.165, 1.54) is 5.56 Å². The third-order valence-electron chi connectivity index (χ3n) is 4.22. The molecule has 24 heavy (non-hydrogen) atoms. The van der Waals surface area contributed by atoms with Crippen molar-refractivity contribution in [1.82, 2.24) is 0 Å². The quantitative estimate of drug-likeness (QED) is 0.831. The lowest BCUT2D eigenvalue weighted by atomic mass is 10.1. The Morgan fingerprint density at radius 2 is 1.79 bits per heavy atom. The van der Waals surface area contributed by atoms with Crippen molar-refractivity contribution < 1.29 is 14.3 Å². The van der Waals surface area contributed by atoms with Crippen LogP contribution in [0.1, 0.15) is 36.7 Å². The SMILES string of the molecule is CCOc1ccc(C(=O)N2c3ccccc3C[C@@H]2C)cc1OCC. The number of hydrogen-bond acceptors (Lipinski definition) is 3. The van der Waals surface area contributed by atoms with E-state index in [0.717, 1.165) is 12.1 Å². The van der Waals surface area contributed by atoms with Crippen molar-refractivity contribution in [2.75, 3.05) is 18.1 Å². The highest BCUT2D eigenvalue weighted by molar-refractivity contribution is 6.08. The second-order valence-electron chi connectivity index (χ2n) is 5.88. The fraction of sp³-hybridized carbons (Fsp3) is 0.350. The molecule has 1 heterocycles. The number of benzene rings is 2. The summed E-state index contributed by atoms with van der Waals surface area (Å²) in [6, 6.07) is 13.6. The Balaban J connectivity index is 1.94. The fourth-order valence-electron chi connectivity index (χ4n) is 3.20. The Bertz CT molecular complexity index is 741. The van der Waals surface area contributed by atoms with Gasteiger partial charge in [0.2, 0.25) is 0 Å². The number of nitrogens with zero attached hydrogens (tertiary/aromatic N) is 1. The zero-order valence-corrected chi connectivity index (χ0v) is 14.4. The normalized spacial score (nSPS) is 16.0. The summed E-state index contributed by atoms with van der Waals surface area (Å²) in [5.41, 5.74) is 2.83. The first-order valence-corrected chi connectivity index (χ1v) is 8.46. The zero-order valence-electron chi connectivity index (χ0n) is 14.4. The van der Waals surface area contributed by atoms with Gasteiger partial charge in [-0.1, -0.05) is 18.2 Å². The van der Waals surface area contributed by atoms with Gasteiger partial charge in [0.25, 0.3) is 5.91 Å². The van der Waals surface area contributed by atoms with Crippen LogP contribution in [0.5, 0.6) is 11.5 Å². The monoisotopic (exact) mass is 325 g/mol. The average molecular weight is 325 g/mol. The van der Waals surface area contributed by atoms with Crippen molar-refractivity contribution in [2.45, 2.75) is 33.2 Å². The van der Waals surface area contributed by atoms with Gasteiger partial charge in [-0.2, -0.15) is 0 Å². The molecule has 4 nitrogen and oxygen atoms in total. The first-order valence-electron chi connectivity index (χ1n) is 8.46. The fourth-order valence-corrected chi connectivity index (χ4v) is 3.20. The zero-order chi connectivity index (χ0) is 17.1. The summed E-state index contributed by atoms with van der Waals surface area (Å²) in [6.07, 6.45) is 0.886. The number of carbonyl (C=O) groups excluding carboxylic acids is 1. The lowest BCUT2D eigenvalue weighted by Crippen LogP contribution is -2.35. The largest absolute Gasteiger partial charge is 0.490 e.